The van der Waals surface area contributed by atoms with E-state index in [0.29, 0.717) is 5.56 Å². The molecule has 0 fully saturated rings. The Kier molecular flexibility index (Phi) is 2.06. The summed E-state index contributed by atoms with van der Waals surface area (Å²) in [6, 6.07) is 7.46. The van der Waals surface area contributed by atoms with Crippen LogP contribution in [0.25, 0.3) is 0 Å². The Labute approximate surface area is 97.0 Å². The molecular formula is C8H4I2O2. The number of alkyl halides is 2. The van der Waals surface area contributed by atoms with Crippen molar-refractivity contribution in [2.75, 3.05) is 0 Å². The van der Waals surface area contributed by atoms with Crippen molar-refractivity contribution >= 4 is 51.2 Å². The fourth-order valence-electron chi connectivity index (χ4n) is 1.14. The zero-order valence-electron chi connectivity index (χ0n) is 5.88. The number of benzene rings is 1. The minimum Gasteiger partial charge on any atom is -0.431 e. The van der Waals surface area contributed by atoms with Gasteiger partial charge in [0.25, 0.3) is 0 Å². The normalized spacial score (nSPS) is 18.7. The number of hydrogen-bond acceptors (Lipinski definition) is 2. The second kappa shape index (κ2) is 2.83. The molecule has 0 atom stereocenters. The van der Waals surface area contributed by atoms with Gasteiger partial charge in [-0.3, -0.25) is 0 Å². The smallest absolute Gasteiger partial charge is 0.340 e. The largest absolute Gasteiger partial charge is 0.431 e. The summed E-state index contributed by atoms with van der Waals surface area (Å²) in [5.74, 6) is -0.227. The van der Waals surface area contributed by atoms with Crippen molar-refractivity contribution in [3.05, 3.63) is 35.4 Å². The number of halogens is 2. The lowest BCUT2D eigenvalue weighted by Gasteiger charge is -2.12. The number of carbonyl (C=O) groups is 1. The molecule has 1 aliphatic rings. The second-order valence-corrected chi connectivity index (χ2v) is 7.55. The van der Waals surface area contributed by atoms with Gasteiger partial charge in [0.2, 0.25) is 1.61 Å². The van der Waals surface area contributed by atoms with Gasteiger partial charge in [0.15, 0.2) is 0 Å². The molecule has 2 nitrogen and oxygen atoms in total. The van der Waals surface area contributed by atoms with Crippen LogP contribution < -0.4 is 0 Å². The molecule has 0 N–H and O–H groups in total. The fourth-order valence-corrected chi connectivity index (χ4v) is 2.48. The summed E-state index contributed by atoms with van der Waals surface area (Å²) in [6.07, 6.45) is 0. The van der Waals surface area contributed by atoms with Crippen molar-refractivity contribution in [3.8, 4) is 0 Å². The number of rotatable bonds is 0. The van der Waals surface area contributed by atoms with E-state index in [0.717, 1.165) is 5.56 Å². The third kappa shape index (κ3) is 1.24. The number of carbonyl (C=O) groups excluding carboxylic acids is 1. The van der Waals surface area contributed by atoms with Crippen molar-refractivity contribution < 1.29 is 9.53 Å². The van der Waals surface area contributed by atoms with Gasteiger partial charge in [-0.2, -0.15) is 0 Å². The van der Waals surface area contributed by atoms with Crippen molar-refractivity contribution in [2.24, 2.45) is 0 Å². The van der Waals surface area contributed by atoms with Gasteiger partial charge in [-0.05, 0) is 51.2 Å². The third-order valence-corrected chi connectivity index (χ3v) is 3.28. The Bertz CT molecular complexity index is 347. The fraction of sp³-hybridized carbons (Fsp3) is 0.125. The van der Waals surface area contributed by atoms with Crippen LogP contribution in [0.2, 0.25) is 0 Å². The van der Waals surface area contributed by atoms with Gasteiger partial charge in [-0.25, -0.2) is 4.79 Å². The molecule has 1 aromatic rings. The van der Waals surface area contributed by atoms with E-state index in [-0.39, 0.29) is 5.97 Å². The number of hydrogen-bond donors (Lipinski definition) is 0. The van der Waals surface area contributed by atoms with Crippen LogP contribution in [0.15, 0.2) is 24.3 Å². The molecule has 12 heavy (non-hydrogen) atoms. The van der Waals surface area contributed by atoms with E-state index in [9.17, 15) is 4.79 Å². The highest BCUT2D eigenvalue weighted by Crippen LogP contribution is 2.47. The molecule has 0 spiro atoms. The SMILES string of the molecule is O=C1OC(I)(I)c2ccccc21. The molecule has 0 saturated carbocycles. The van der Waals surface area contributed by atoms with E-state index < -0.39 is 1.61 Å². The lowest BCUT2D eigenvalue weighted by Crippen LogP contribution is -2.06. The molecule has 4 heteroatoms. The second-order valence-electron chi connectivity index (χ2n) is 2.45. The molecule has 0 radical (unpaired) electrons. The zero-order valence-corrected chi connectivity index (χ0v) is 10.2. The summed E-state index contributed by atoms with van der Waals surface area (Å²) in [4.78, 5) is 11.2. The maximum Gasteiger partial charge on any atom is 0.340 e. The predicted octanol–water partition coefficient (Wildman–Crippen LogP) is 2.84. The van der Waals surface area contributed by atoms with Gasteiger partial charge in [-0.15, -0.1) is 0 Å². The lowest BCUT2D eigenvalue weighted by molar-refractivity contribution is 0.0520. The summed E-state index contributed by atoms with van der Waals surface area (Å²) in [5.41, 5.74) is 1.64. The Hall–Kier alpha value is 0.150. The number of esters is 1. The molecular weight excluding hydrogens is 382 g/mol. The maximum atomic E-state index is 11.2. The van der Waals surface area contributed by atoms with E-state index in [4.69, 9.17) is 4.74 Å². The molecule has 0 unspecified atom stereocenters. The molecule has 2 rings (SSSR count). The highest BCUT2D eigenvalue weighted by Gasteiger charge is 2.40. The predicted molar refractivity (Wildman–Crippen MR) is 61.6 cm³/mol. The molecule has 0 saturated heterocycles. The van der Waals surface area contributed by atoms with Gasteiger partial charge >= 0.3 is 5.97 Å². The van der Waals surface area contributed by atoms with Crippen LogP contribution in [0.4, 0.5) is 0 Å². The van der Waals surface area contributed by atoms with Gasteiger partial charge in [0.1, 0.15) is 0 Å². The van der Waals surface area contributed by atoms with Crippen LogP contribution in [0.3, 0.4) is 0 Å². The number of cyclic esters (lactones) is 1. The van der Waals surface area contributed by atoms with E-state index in [1.807, 2.05) is 18.2 Å². The van der Waals surface area contributed by atoms with Gasteiger partial charge in [0, 0.05) is 5.56 Å². The van der Waals surface area contributed by atoms with Crippen LogP contribution >= 0.6 is 45.2 Å². The van der Waals surface area contributed by atoms with E-state index >= 15 is 0 Å². The molecule has 0 bridgehead atoms. The first-order valence-electron chi connectivity index (χ1n) is 3.32. The number of fused-ring (bicyclic) bond motifs is 1. The van der Waals surface area contributed by atoms with Gasteiger partial charge in [0.05, 0.1) is 5.56 Å². The van der Waals surface area contributed by atoms with Gasteiger partial charge in [-0.1, -0.05) is 18.2 Å². The van der Waals surface area contributed by atoms with Gasteiger partial charge < -0.3 is 4.74 Å². The quantitative estimate of drug-likeness (QED) is 0.390. The lowest BCUT2D eigenvalue weighted by atomic mass is 10.1. The Balaban J connectivity index is 2.66. The Morgan fingerprint density at radius 3 is 2.58 bits per heavy atom. The van der Waals surface area contributed by atoms with E-state index in [2.05, 4.69) is 45.2 Å². The molecule has 1 aromatic carbocycles. The van der Waals surface area contributed by atoms with Crippen LogP contribution in [0.1, 0.15) is 15.9 Å². The summed E-state index contributed by atoms with van der Waals surface area (Å²) >= 11 is 4.23. The first-order chi connectivity index (χ1) is 5.61. The van der Waals surface area contributed by atoms with Crippen LogP contribution in [-0.2, 0) is 6.35 Å². The highest BCUT2D eigenvalue weighted by molar-refractivity contribution is 14.2. The van der Waals surface area contributed by atoms with Crippen molar-refractivity contribution in [2.45, 2.75) is 1.61 Å². The third-order valence-electron chi connectivity index (χ3n) is 1.68. The summed E-state index contributed by atoms with van der Waals surface area (Å²) in [5, 5.41) is 0. The number of ether oxygens (including phenoxy) is 1. The average molecular weight is 386 g/mol. The summed E-state index contributed by atoms with van der Waals surface area (Å²) in [7, 11) is 0. The van der Waals surface area contributed by atoms with Crippen molar-refractivity contribution in [3.63, 3.8) is 0 Å². The van der Waals surface area contributed by atoms with Crippen molar-refractivity contribution in [1.29, 1.82) is 0 Å². The van der Waals surface area contributed by atoms with Crippen LogP contribution in [0.5, 0.6) is 0 Å². The summed E-state index contributed by atoms with van der Waals surface area (Å²) < 4.78 is 4.64. The monoisotopic (exact) mass is 386 g/mol. The first-order valence-corrected chi connectivity index (χ1v) is 5.48. The summed E-state index contributed by atoms with van der Waals surface area (Å²) in [6.45, 7) is 0. The highest BCUT2D eigenvalue weighted by atomic mass is 127. The first kappa shape index (κ1) is 8.74. The minimum atomic E-state index is -0.511. The van der Waals surface area contributed by atoms with Crippen molar-refractivity contribution in [1.82, 2.24) is 0 Å². The molecule has 0 aliphatic carbocycles. The standard InChI is InChI=1S/C8H4I2O2/c9-8(10)6-4-2-1-3-5(6)7(11)12-8/h1-4H. The van der Waals surface area contributed by atoms with Crippen LogP contribution in [-0.4, -0.2) is 5.97 Å². The maximum absolute atomic E-state index is 11.2. The average Bonchev–Trinajstić information content (AvgIpc) is 2.25. The molecule has 1 heterocycles. The Morgan fingerprint density at radius 2 is 1.92 bits per heavy atom. The van der Waals surface area contributed by atoms with E-state index in [1.54, 1.807) is 6.07 Å². The zero-order chi connectivity index (χ0) is 8.77. The molecule has 0 amide bonds. The topological polar surface area (TPSA) is 26.3 Å². The van der Waals surface area contributed by atoms with E-state index in [1.165, 1.54) is 0 Å². The van der Waals surface area contributed by atoms with Crippen LogP contribution in [0, 0.1) is 0 Å². The minimum absolute atomic E-state index is 0.227. The Morgan fingerprint density at radius 1 is 1.25 bits per heavy atom. The molecule has 1 aliphatic heterocycles. The molecule has 62 valence electrons. The molecule has 0 aromatic heterocycles.